The van der Waals surface area contributed by atoms with Gasteiger partial charge < -0.3 is 10.4 Å². The Bertz CT molecular complexity index is 295. The van der Waals surface area contributed by atoms with Crippen LogP contribution in [-0.4, -0.2) is 29.8 Å². The number of rotatable bonds is 7. The third-order valence-corrected chi connectivity index (χ3v) is 4.44. The summed E-state index contributed by atoms with van der Waals surface area (Å²) in [6.07, 6.45) is 2.93. The molecule has 0 saturated carbocycles. The van der Waals surface area contributed by atoms with Crippen LogP contribution in [0.5, 0.6) is 0 Å². The highest BCUT2D eigenvalue weighted by molar-refractivity contribution is 7.98. The summed E-state index contributed by atoms with van der Waals surface area (Å²) in [7, 11) is 0. The summed E-state index contributed by atoms with van der Waals surface area (Å²) in [5.41, 5.74) is 0. The standard InChI is InChI=1S/C12H21NOS2/c1-9-4-5-12(16-9)10(2)13-11(6-7-14)8-15-3/h4-5,10-11,13-14H,6-8H2,1-3H3. The Labute approximate surface area is 106 Å². The minimum atomic E-state index is 0.258. The molecular formula is C12H21NOS2. The number of aryl methyl sites for hydroxylation is 1. The molecule has 0 aliphatic rings. The van der Waals surface area contributed by atoms with E-state index in [1.54, 1.807) is 0 Å². The van der Waals surface area contributed by atoms with Crippen molar-refractivity contribution < 1.29 is 5.11 Å². The van der Waals surface area contributed by atoms with Gasteiger partial charge in [-0.25, -0.2) is 0 Å². The van der Waals surface area contributed by atoms with Crippen molar-refractivity contribution in [3.05, 3.63) is 21.9 Å². The number of thioether (sulfide) groups is 1. The highest BCUT2D eigenvalue weighted by atomic mass is 32.2. The molecule has 92 valence electrons. The molecule has 0 aliphatic carbocycles. The predicted molar refractivity (Wildman–Crippen MR) is 74.5 cm³/mol. The van der Waals surface area contributed by atoms with Gasteiger partial charge in [0.25, 0.3) is 0 Å². The predicted octanol–water partition coefficient (Wildman–Crippen LogP) is 2.82. The zero-order valence-electron chi connectivity index (χ0n) is 10.2. The molecule has 0 amide bonds. The second kappa shape index (κ2) is 7.33. The third kappa shape index (κ3) is 4.45. The van der Waals surface area contributed by atoms with Crippen LogP contribution in [0.3, 0.4) is 0 Å². The lowest BCUT2D eigenvalue weighted by Crippen LogP contribution is -2.34. The Hall–Kier alpha value is -0.0300. The Kier molecular flexibility index (Phi) is 6.43. The fraction of sp³-hybridized carbons (Fsp3) is 0.667. The van der Waals surface area contributed by atoms with E-state index in [2.05, 4.69) is 37.6 Å². The Morgan fingerprint density at radius 2 is 2.25 bits per heavy atom. The zero-order chi connectivity index (χ0) is 12.0. The number of nitrogens with one attached hydrogen (secondary N) is 1. The number of aliphatic hydroxyl groups excluding tert-OH is 1. The summed E-state index contributed by atoms with van der Waals surface area (Å²) < 4.78 is 0. The first kappa shape index (κ1) is 14.0. The molecule has 1 aromatic rings. The highest BCUT2D eigenvalue weighted by Gasteiger charge is 2.13. The summed E-state index contributed by atoms with van der Waals surface area (Å²) >= 11 is 3.66. The van der Waals surface area contributed by atoms with E-state index >= 15 is 0 Å². The van der Waals surface area contributed by atoms with Gasteiger partial charge in [0.05, 0.1) is 0 Å². The molecule has 0 radical (unpaired) electrons. The summed E-state index contributed by atoms with van der Waals surface area (Å²) in [6.45, 7) is 4.58. The molecule has 0 spiro atoms. The fourth-order valence-corrected chi connectivity index (χ4v) is 3.25. The van der Waals surface area contributed by atoms with Gasteiger partial charge in [-0.05, 0) is 38.7 Å². The molecule has 2 unspecified atom stereocenters. The van der Waals surface area contributed by atoms with Crippen LogP contribution in [0, 0.1) is 6.92 Å². The number of hydrogen-bond donors (Lipinski definition) is 2. The highest BCUT2D eigenvalue weighted by Crippen LogP contribution is 2.23. The maximum Gasteiger partial charge on any atom is 0.0446 e. The van der Waals surface area contributed by atoms with Crippen LogP contribution < -0.4 is 5.32 Å². The maximum atomic E-state index is 9.00. The third-order valence-electron chi connectivity index (χ3n) is 2.52. The van der Waals surface area contributed by atoms with Crippen molar-refractivity contribution in [2.75, 3.05) is 18.6 Å². The van der Waals surface area contributed by atoms with E-state index in [-0.39, 0.29) is 6.61 Å². The van der Waals surface area contributed by atoms with Crippen LogP contribution in [0.25, 0.3) is 0 Å². The fourth-order valence-electron chi connectivity index (χ4n) is 1.69. The summed E-state index contributed by atoms with van der Waals surface area (Å²) in [5.74, 6) is 1.05. The Morgan fingerprint density at radius 1 is 1.50 bits per heavy atom. The lowest BCUT2D eigenvalue weighted by Gasteiger charge is -2.21. The minimum absolute atomic E-state index is 0.258. The molecule has 0 aliphatic heterocycles. The van der Waals surface area contributed by atoms with Gasteiger partial charge in [-0.3, -0.25) is 0 Å². The van der Waals surface area contributed by atoms with Crippen molar-refractivity contribution in [2.24, 2.45) is 0 Å². The zero-order valence-corrected chi connectivity index (χ0v) is 11.8. The Morgan fingerprint density at radius 3 is 2.75 bits per heavy atom. The summed E-state index contributed by atoms with van der Waals surface area (Å²) in [4.78, 5) is 2.73. The van der Waals surface area contributed by atoms with Crippen molar-refractivity contribution in [2.45, 2.75) is 32.4 Å². The molecule has 0 fully saturated rings. The summed E-state index contributed by atoms with van der Waals surface area (Å²) in [6, 6.07) is 5.13. The first-order valence-corrected chi connectivity index (χ1v) is 7.80. The number of aliphatic hydroxyl groups is 1. The second-order valence-corrected chi connectivity index (χ2v) is 6.23. The van der Waals surface area contributed by atoms with Crippen molar-refractivity contribution >= 4 is 23.1 Å². The first-order valence-electron chi connectivity index (χ1n) is 5.59. The largest absolute Gasteiger partial charge is 0.396 e. The lowest BCUT2D eigenvalue weighted by molar-refractivity contribution is 0.266. The molecule has 4 heteroatoms. The van der Waals surface area contributed by atoms with E-state index in [1.807, 2.05) is 23.1 Å². The average Bonchev–Trinajstić information content (AvgIpc) is 2.65. The van der Waals surface area contributed by atoms with Crippen molar-refractivity contribution in [3.8, 4) is 0 Å². The van der Waals surface area contributed by atoms with E-state index in [0.29, 0.717) is 12.1 Å². The smallest absolute Gasteiger partial charge is 0.0446 e. The van der Waals surface area contributed by atoms with Crippen LogP contribution in [-0.2, 0) is 0 Å². The quantitative estimate of drug-likeness (QED) is 0.790. The molecule has 0 bridgehead atoms. The second-order valence-electron chi connectivity index (χ2n) is 4.00. The van der Waals surface area contributed by atoms with Gasteiger partial charge in [0.2, 0.25) is 0 Å². The number of thiophene rings is 1. The SMILES string of the molecule is CSCC(CCO)NC(C)c1ccc(C)s1. The molecule has 2 nitrogen and oxygen atoms in total. The molecule has 1 rings (SSSR count). The molecule has 16 heavy (non-hydrogen) atoms. The van der Waals surface area contributed by atoms with Gasteiger partial charge in [0.1, 0.15) is 0 Å². The van der Waals surface area contributed by atoms with Crippen LogP contribution in [0.4, 0.5) is 0 Å². The van der Waals surface area contributed by atoms with Crippen molar-refractivity contribution in [1.29, 1.82) is 0 Å². The molecule has 1 heterocycles. The van der Waals surface area contributed by atoms with Gasteiger partial charge >= 0.3 is 0 Å². The monoisotopic (exact) mass is 259 g/mol. The molecule has 0 aromatic carbocycles. The Balaban J connectivity index is 2.50. The normalized spacial score (nSPS) is 15.0. The topological polar surface area (TPSA) is 32.3 Å². The molecule has 2 N–H and O–H groups in total. The van der Waals surface area contributed by atoms with Crippen molar-refractivity contribution in [3.63, 3.8) is 0 Å². The molecular weight excluding hydrogens is 238 g/mol. The van der Waals surface area contributed by atoms with E-state index in [0.717, 1.165) is 12.2 Å². The van der Waals surface area contributed by atoms with Crippen LogP contribution in [0.15, 0.2) is 12.1 Å². The van der Waals surface area contributed by atoms with Crippen LogP contribution in [0.2, 0.25) is 0 Å². The molecule has 0 saturated heterocycles. The van der Waals surface area contributed by atoms with E-state index in [9.17, 15) is 0 Å². The van der Waals surface area contributed by atoms with E-state index in [1.165, 1.54) is 9.75 Å². The minimum Gasteiger partial charge on any atom is -0.396 e. The molecule has 1 aromatic heterocycles. The van der Waals surface area contributed by atoms with Crippen LogP contribution >= 0.6 is 23.1 Å². The first-order chi connectivity index (χ1) is 7.67. The van der Waals surface area contributed by atoms with E-state index in [4.69, 9.17) is 5.11 Å². The van der Waals surface area contributed by atoms with Gasteiger partial charge in [-0.15, -0.1) is 11.3 Å². The van der Waals surface area contributed by atoms with Gasteiger partial charge in [-0.1, -0.05) is 0 Å². The summed E-state index contributed by atoms with van der Waals surface area (Å²) in [5, 5.41) is 12.6. The number of hydrogen-bond acceptors (Lipinski definition) is 4. The van der Waals surface area contributed by atoms with E-state index < -0.39 is 0 Å². The van der Waals surface area contributed by atoms with Gasteiger partial charge in [0, 0.05) is 34.2 Å². The van der Waals surface area contributed by atoms with Crippen LogP contribution in [0.1, 0.15) is 29.1 Å². The van der Waals surface area contributed by atoms with Crippen molar-refractivity contribution in [1.82, 2.24) is 5.32 Å². The van der Waals surface area contributed by atoms with Gasteiger partial charge in [0.15, 0.2) is 0 Å². The maximum absolute atomic E-state index is 9.00. The molecule has 2 atom stereocenters. The average molecular weight is 259 g/mol. The lowest BCUT2D eigenvalue weighted by atomic mass is 10.2. The van der Waals surface area contributed by atoms with Gasteiger partial charge in [-0.2, -0.15) is 11.8 Å².